The van der Waals surface area contributed by atoms with E-state index in [4.69, 9.17) is 10.7 Å². The van der Waals surface area contributed by atoms with Gasteiger partial charge in [-0.15, -0.1) is 0 Å². The Kier molecular flexibility index (Phi) is 2.88. The second-order valence-corrected chi connectivity index (χ2v) is 7.51. The van der Waals surface area contributed by atoms with Crippen LogP contribution in [-0.2, 0) is 0 Å². The lowest BCUT2D eigenvalue weighted by Gasteiger charge is -2.54. The Hall–Kier alpha value is -0.960. The zero-order chi connectivity index (χ0) is 13.9. The van der Waals surface area contributed by atoms with Crippen molar-refractivity contribution in [2.75, 3.05) is 0 Å². The van der Waals surface area contributed by atoms with Crippen molar-refractivity contribution in [3.05, 3.63) is 23.3 Å². The molecular weight excluding hydrogens is 246 g/mol. The molecule has 1 aromatic heterocycles. The number of rotatable bonds is 2. The van der Waals surface area contributed by atoms with Gasteiger partial charge in [0.1, 0.15) is 5.82 Å². The van der Waals surface area contributed by atoms with Gasteiger partial charge in [0, 0.05) is 17.7 Å². The van der Waals surface area contributed by atoms with Gasteiger partial charge in [-0.05, 0) is 75.7 Å². The van der Waals surface area contributed by atoms with Crippen molar-refractivity contribution in [3.63, 3.8) is 0 Å². The summed E-state index contributed by atoms with van der Waals surface area (Å²) in [7, 11) is 0. The van der Waals surface area contributed by atoms with Gasteiger partial charge in [-0.3, -0.25) is 0 Å². The van der Waals surface area contributed by atoms with Crippen LogP contribution >= 0.6 is 0 Å². The minimum absolute atomic E-state index is 0.00674. The number of aromatic nitrogens is 2. The first-order valence-corrected chi connectivity index (χ1v) is 8.21. The second kappa shape index (κ2) is 4.52. The lowest BCUT2D eigenvalue weighted by molar-refractivity contribution is -0.00427. The molecule has 2 N–H and O–H groups in total. The van der Waals surface area contributed by atoms with Crippen LogP contribution in [0.25, 0.3) is 0 Å². The number of nitrogens with two attached hydrogens (primary N) is 1. The summed E-state index contributed by atoms with van der Waals surface area (Å²) in [4.78, 5) is 9.31. The third kappa shape index (κ3) is 1.98. The van der Waals surface area contributed by atoms with Crippen LogP contribution in [0.5, 0.6) is 0 Å². The van der Waals surface area contributed by atoms with E-state index in [9.17, 15) is 0 Å². The van der Waals surface area contributed by atoms with Gasteiger partial charge in [-0.25, -0.2) is 9.97 Å². The molecule has 1 aromatic rings. The predicted molar refractivity (Wildman–Crippen MR) is 79.2 cm³/mol. The average molecular weight is 271 g/mol. The third-order valence-corrected chi connectivity index (χ3v) is 5.91. The molecule has 4 bridgehead atoms. The highest BCUT2D eigenvalue weighted by atomic mass is 14.9. The van der Waals surface area contributed by atoms with Gasteiger partial charge in [0.2, 0.25) is 0 Å². The first-order valence-electron chi connectivity index (χ1n) is 8.21. The Morgan fingerprint density at radius 3 is 2.20 bits per heavy atom. The first-order chi connectivity index (χ1) is 9.60. The molecule has 0 amide bonds. The molecule has 0 aromatic carbocycles. The topological polar surface area (TPSA) is 51.8 Å². The molecule has 4 aliphatic carbocycles. The quantitative estimate of drug-likeness (QED) is 0.897. The summed E-state index contributed by atoms with van der Waals surface area (Å²) in [6.07, 6.45) is 7.26. The van der Waals surface area contributed by atoms with E-state index in [-0.39, 0.29) is 6.04 Å². The van der Waals surface area contributed by atoms with Crippen LogP contribution in [0.4, 0.5) is 0 Å². The first kappa shape index (κ1) is 12.8. The summed E-state index contributed by atoms with van der Waals surface area (Å²) >= 11 is 0. The van der Waals surface area contributed by atoms with Crippen molar-refractivity contribution < 1.29 is 0 Å². The zero-order valence-corrected chi connectivity index (χ0v) is 12.5. The molecule has 3 heteroatoms. The normalized spacial score (nSPS) is 40.0. The summed E-state index contributed by atoms with van der Waals surface area (Å²) in [5.41, 5.74) is 8.34. The lowest BCUT2D eigenvalue weighted by Crippen LogP contribution is -2.44. The highest BCUT2D eigenvalue weighted by Crippen LogP contribution is 2.59. The Morgan fingerprint density at radius 2 is 1.65 bits per heavy atom. The van der Waals surface area contributed by atoms with Crippen molar-refractivity contribution in [2.45, 2.75) is 57.9 Å². The van der Waals surface area contributed by atoms with Gasteiger partial charge >= 0.3 is 0 Å². The Labute approximate surface area is 121 Å². The molecule has 4 fully saturated rings. The monoisotopic (exact) mass is 271 g/mol. The summed E-state index contributed by atoms with van der Waals surface area (Å²) in [6, 6.07) is 2.21. The smallest absolute Gasteiger partial charge is 0.125 e. The van der Waals surface area contributed by atoms with Gasteiger partial charge in [0.15, 0.2) is 0 Å². The Bertz CT molecular complexity index is 495. The zero-order valence-electron chi connectivity index (χ0n) is 12.5. The van der Waals surface area contributed by atoms with Gasteiger partial charge in [-0.1, -0.05) is 0 Å². The summed E-state index contributed by atoms with van der Waals surface area (Å²) in [5, 5.41) is 0. The van der Waals surface area contributed by atoms with Gasteiger partial charge in [0.25, 0.3) is 0 Å². The Morgan fingerprint density at radius 1 is 1.05 bits per heavy atom. The predicted octanol–water partition coefficient (Wildman–Crippen LogP) is 3.34. The van der Waals surface area contributed by atoms with Crippen molar-refractivity contribution in [1.29, 1.82) is 0 Å². The van der Waals surface area contributed by atoms with E-state index in [1.165, 1.54) is 37.8 Å². The molecule has 1 atom stereocenters. The van der Waals surface area contributed by atoms with Crippen LogP contribution in [0.2, 0.25) is 0 Å². The fourth-order valence-electron chi connectivity index (χ4n) is 5.43. The molecule has 1 heterocycles. The molecule has 0 aliphatic heterocycles. The summed E-state index contributed by atoms with van der Waals surface area (Å²) < 4.78 is 0. The highest BCUT2D eigenvalue weighted by molar-refractivity contribution is 5.21. The molecule has 0 spiro atoms. The van der Waals surface area contributed by atoms with Crippen molar-refractivity contribution in [1.82, 2.24) is 9.97 Å². The van der Waals surface area contributed by atoms with E-state index in [0.717, 1.165) is 35.2 Å². The molecule has 0 saturated heterocycles. The molecule has 4 aliphatic rings. The van der Waals surface area contributed by atoms with Gasteiger partial charge in [0.05, 0.1) is 5.69 Å². The van der Waals surface area contributed by atoms with Crippen LogP contribution in [0.3, 0.4) is 0 Å². The summed E-state index contributed by atoms with van der Waals surface area (Å²) in [5.74, 6) is 5.36. The van der Waals surface area contributed by atoms with E-state index < -0.39 is 0 Å². The number of hydrogen-bond donors (Lipinski definition) is 1. The Balaban J connectivity index is 1.70. The van der Waals surface area contributed by atoms with E-state index in [1.807, 2.05) is 13.8 Å². The van der Waals surface area contributed by atoms with Crippen LogP contribution in [0.1, 0.15) is 68.2 Å². The van der Waals surface area contributed by atoms with Gasteiger partial charge in [-0.2, -0.15) is 0 Å². The standard InChI is InChI=1S/C17H25N3/c1-9(18)15-8-16(20-10(2)19-15)17-13-4-11-3-12(6-13)7-14(17)5-11/h8-9,11-14,17H,3-7,18H2,1-2H3. The minimum Gasteiger partial charge on any atom is -0.323 e. The molecule has 5 rings (SSSR count). The van der Waals surface area contributed by atoms with E-state index in [1.54, 1.807) is 0 Å². The van der Waals surface area contributed by atoms with Crippen molar-refractivity contribution in [3.8, 4) is 0 Å². The third-order valence-electron chi connectivity index (χ3n) is 5.91. The lowest BCUT2D eigenvalue weighted by atomic mass is 9.51. The largest absolute Gasteiger partial charge is 0.323 e. The van der Waals surface area contributed by atoms with Crippen LogP contribution < -0.4 is 5.73 Å². The average Bonchev–Trinajstić information content (AvgIpc) is 2.36. The van der Waals surface area contributed by atoms with Crippen LogP contribution in [0, 0.1) is 30.6 Å². The molecule has 3 nitrogen and oxygen atoms in total. The maximum atomic E-state index is 6.04. The number of nitrogens with zero attached hydrogens (tertiary/aromatic N) is 2. The minimum atomic E-state index is 0.00674. The van der Waals surface area contributed by atoms with Crippen molar-refractivity contribution in [2.24, 2.45) is 29.4 Å². The molecular formula is C17H25N3. The van der Waals surface area contributed by atoms with Crippen molar-refractivity contribution >= 4 is 0 Å². The van der Waals surface area contributed by atoms with Crippen LogP contribution in [0.15, 0.2) is 6.07 Å². The molecule has 108 valence electrons. The van der Waals surface area contributed by atoms with E-state index >= 15 is 0 Å². The van der Waals surface area contributed by atoms with E-state index in [2.05, 4.69) is 11.1 Å². The maximum absolute atomic E-state index is 6.04. The fraction of sp³-hybridized carbons (Fsp3) is 0.765. The van der Waals surface area contributed by atoms with Crippen LogP contribution in [-0.4, -0.2) is 9.97 Å². The second-order valence-electron chi connectivity index (χ2n) is 7.51. The molecule has 0 radical (unpaired) electrons. The summed E-state index contributed by atoms with van der Waals surface area (Å²) in [6.45, 7) is 4.02. The van der Waals surface area contributed by atoms with E-state index in [0.29, 0.717) is 5.92 Å². The number of hydrogen-bond acceptors (Lipinski definition) is 3. The molecule has 1 unspecified atom stereocenters. The fourth-order valence-corrected chi connectivity index (χ4v) is 5.43. The van der Waals surface area contributed by atoms with Gasteiger partial charge < -0.3 is 5.73 Å². The SMILES string of the molecule is Cc1nc(C(C)N)cc(C2C3CC4CC(C3)CC2C4)n1. The maximum Gasteiger partial charge on any atom is 0.125 e. The highest BCUT2D eigenvalue weighted by Gasteiger charge is 2.49. The molecule has 20 heavy (non-hydrogen) atoms. The molecule has 4 saturated carbocycles. The number of aryl methyl sites for hydroxylation is 1.